The number of pyridine rings is 3. The van der Waals surface area contributed by atoms with Crippen molar-refractivity contribution in [3.05, 3.63) is 95.4 Å². The predicted octanol–water partition coefficient (Wildman–Crippen LogP) is 4.46. The van der Waals surface area contributed by atoms with Gasteiger partial charge >= 0.3 is 0 Å². The highest BCUT2D eigenvalue weighted by Gasteiger charge is 2.24. The van der Waals surface area contributed by atoms with Crippen LogP contribution in [0.15, 0.2) is 89.1 Å². The quantitative estimate of drug-likeness (QED) is 0.174. The zero-order valence-corrected chi connectivity index (χ0v) is 25.9. The lowest BCUT2D eigenvalue weighted by molar-refractivity contribution is 0.480. The maximum atomic E-state index is 14.0. The molecule has 1 aliphatic heterocycles. The molecule has 0 amide bonds. The molecule has 1 saturated heterocycles. The van der Waals surface area contributed by atoms with Gasteiger partial charge in [0, 0.05) is 47.9 Å². The zero-order chi connectivity index (χ0) is 31.4. The maximum Gasteiger partial charge on any atom is 0.276 e. The summed E-state index contributed by atoms with van der Waals surface area (Å²) in [4.78, 5) is 31.8. The lowest BCUT2D eigenvalue weighted by Gasteiger charge is -2.24. The molecule has 0 aliphatic carbocycles. The summed E-state index contributed by atoms with van der Waals surface area (Å²) < 4.78 is 27.8. The van der Waals surface area contributed by atoms with Gasteiger partial charge in [-0.2, -0.15) is 4.98 Å². The second-order valence-electron chi connectivity index (χ2n) is 11.2. The molecule has 0 spiro atoms. The normalized spacial score (nSPS) is 15.2. The Balaban J connectivity index is 1.36. The summed E-state index contributed by atoms with van der Waals surface area (Å²) in [5, 5.41) is 13.2. The largest absolute Gasteiger partial charge is 0.381 e. The number of sulfone groups is 1. The van der Waals surface area contributed by atoms with Gasteiger partial charge in [-0.1, -0.05) is 0 Å². The minimum Gasteiger partial charge on any atom is -0.381 e. The van der Waals surface area contributed by atoms with Crippen LogP contribution in [-0.2, 0) is 16.4 Å². The summed E-state index contributed by atoms with van der Waals surface area (Å²) in [6.45, 7) is 5.12. The first-order valence-electron chi connectivity index (χ1n) is 14.9. The summed E-state index contributed by atoms with van der Waals surface area (Å²) in [5.41, 5.74) is 2.87. The number of benzene rings is 1. The van der Waals surface area contributed by atoms with Gasteiger partial charge in [0.05, 0.1) is 34.3 Å². The molecule has 1 fully saturated rings. The Bertz CT molecular complexity index is 1960. The second-order valence-corrected chi connectivity index (χ2v) is 13.7. The van der Waals surface area contributed by atoms with E-state index in [-0.39, 0.29) is 28.8 Å². The Kier molecular flexibility index (Phi) is 8.71. The van der Waals surface area contributed by atoms with Gasteiger partial charge in [0.2, 0.25) is 5.95 Å². The molecule has 232 valence electrons. The first-order valence-corrected chi connectivity index (χ1v) is 16.4. The minimum absolute atomic E-state index is 0.0794. The summed E-state index contributed by atoms with van der Waals surface area (Å²) in [7, 11) is -3.67. The maximum absolute atomic E-state index is 14.0. The van der Waals surface area contributed by atoms with E-state index in [1.54, 1.807) is 56.7 Å². The average molecular weight is 626 g/mol. The van der Waals surface area contributed by atoms with Crippen molar-refractivity contribution in [2.75, 3.05) is 29.0 Å². The van der Waals surface area contributed by atoms with Crippen LogP contribution in [0.2, 0.25) is 0 Å². The topological polar surface area (TPSA) is 156 Å². The lowest BCUT2D eigenvalue weighted by Crippen LogP contribution is -2.38. The van der Waals surface area contributed by atoms with Crippen molar-refractivity contribution in [1.29, 1.82) is 0 Å². The van der Waals surface area contributed by atoms with Crippen LogP contribution < -0.4 is 26.8 Å². The molecule has 1 unspecified atom stereocenters. The van der Waals surface area contributed by atoms with E-state index in [9.17, 15) is 13.2 Å². The van der Waals surface area contributed by atoms with Gasteiger partial charge in [-0.25, -0.2) is 13.4 Å². The number of nitrogens with one attached hydrogen (secondary N) is 4. The van der Waals surface area contributed by atoms with Crippen molar-refractivity contribution in [2.45, 2.75) is 49.4 Å². The fraction of sp³-hybridized carbons (Fsp3) is 0.281. The van der Waals surface area contributed by atoms with Gasteiger partial charge in [0.25, 0.3) is 5.56 Å². The van der Waals surface area contributed by atoms with Crippen LogP contribution in [0, 0.1) is 0 Å². The Morgan fingerprint density at radius 1 is 0.978 bits per heavy atom. The highest BCUT2D eigenvalue weighted by atomic mass is 32.2. The van der Waals surface area contributed by atoms with Gasteiger partial charge in [-0.3, -0.25) is 19.3 Å². The van der Waals surface area contributed by atoms with Crippen LogP contribution >= 0.6 is 0 Å². The van der Waals surface area contributed by atoms with Crippen molar-refractivity contribution in [3.63, 3.8) is 0 Å². The van der Waals surface area contributed by atoms with Crippen LogP contribution in [-0.4, -0.2) is 57.3 Å². The first kappa shape index (κ1) is 30.2. The van der Waals surface area contributed by atoms with E-state index in [2.05, 4.69) is 36.2 Å². The molecule has 5 heterocycles. The van der Waals surface area contributed by atoms with Gasteiger partial charge in [0.15, 0.2) is 9.84 Å². The van der Waals surface area contributed by atoms with Crippen LogP contribution in [0.25, 0.3) is 11.0 Å². The molecule has 1 atom stereocenters. The number of rotatable bonds is 10. The molecule has 4 aromatic heterocycles. The molecule has 6 rings (SSSR count). The van der Waals surface area contributed by atoms with E-state index >= 15 is 0 Å². The summed E-state index contributed by atoms with van der Waals surface area (Å²) in [6, 6.07) is 16.6. The number of nitrogens with zero attached hydrogens (tertiary/aromatic N) is 5. The molecule has 1 aliphatic rings. The first-order chi connectivity index (χ1) is 21.8. The predicted molar refractivity (Wildman–Crippen MR) is 176 cm³/mol. The fourth-order valence-electron chi connectivity index (χ4n) is 5.24. The second kappa shape index (κ2) is 13.0. The fourth-order valence-corrected chi connectivity index (χ4v) is 6.46. The average Bonchev–Trinajstić information content (AvgIpc) is 3.05. The third-order valence-electron chi connectivity index (χ3n) is 7.66. The number of hydrogen-bond donors (Lipinski definition) is 4. The Morgan fingerprint density at radius 3 is 2.51 bits per heavy atom. The van der Waals surface area contributed by atoms with Crippen LogP contribution in [0.3, 0.4) is 0 Å². The monoisotopic (exact) mass is 625 g/mol. The van der Waals surface area contributed by atoms with Crippen molar-refractivity contribution < 1.29 is 8.42 Å². The molecule has 0 radical (unpaired) electrons. The molecule has 5 aromatic rings. The molecule has 12 nitrogen and oxygen atoms in total. The van der Waals surface area contributed by atoms with Crippen molar-refractivity contribution in [1.82, 2.24) is 29.8 Å². The van der Waals surface area contributed by atoms with Crippen molar-refractivity contribution in [3.8, 4) is 0 Å². The van der Waals surface area contributed by atoms with Crippen LogP contribution in [0.4, 0.5) is 28.7 Å². The van der Waals surface area contributed by atoms with E-state index in [0.717, 1.165) is 37.3 Å². The molecule has 4 N–H and O–H groups in total. The Morgan fingerprint density at radius 2 is 1.78 bits per heavy atom. The SMILES string of the molecule is CC(C)S(=O)(=O)c1cccnc1Cn1c(=O)c(Nc2cccnc2)cc2cnc(Nc3ccc(NC4CCCNC4)cc3)nc21. The van der Waals surface area contributed by atoms with Crippen LogP contribution in [0.5, 0.6) is 0 Å². The molecule has 13 heteroatoms. The molecular formula is C32H35N9O3S. The molecule has 45 heavy (non-hydrogen) atoms. The molecular weight excluding hydrogens is 590 g/mol. The number of piperidine rings is 1. The summed E-state index contributed by atoms with van der Waals surface area (Å²) >= 11 is 0. The van der Waals surface area contributed by atoms with E-state index in [4.69, 9.17) is 4.98 Å². The zero-order valence-electron chi connectivity index (χ0n) is 25.1. The highest BCUT2D eigenvalue weighted by Crippen LogP contribution is 2.24. The van der Waals surface area contributed by atoms with E-state index < -0.39 is 20.6 Å². The van der Waals surface area contributed by atoms with Gasteiger partial charge in [0.1, 0.15) is 11.3 Å². The third-order valence-corrected chi connectivity index (χ3v) is 9.89. The molecule has 1 aromatic carbocycles. The Labute approximate surface area is 261 Å². The van der Waals surface area contributed by atoms with Gasteiger partial charge in [-0.15, -0.1) is 0 Å². The highest BCUT2D eigenvalue weighted by molar-refractivity contribution is 7.92. The lowest BCUT2D eigenvalue weighted by atomic mass is 10.1. The summed E-state index contributed by atoms with van der Waals surface area (Å²) in [5.74, 6) is 0.289. The molecule has 0 saturated carbocycles. The minimum atomic E-state index is -3.67. The number of fused-ring (bicyclic) bond motifs is 1. The number of hydrogen-bond acceptors (Lipinski definition) is 11. The standard InChI is InChI=1S/C32H35N9O3S/c1-21(2)45(43,44)29-8-5-15-35-28(29)20-41-30-22(16-27(31(41)42)38-26-7-4-14-34-19-26)17-36-32(40-30)39-24-11-9-23(10-12-24)37-25-6-3-13-33-18-25/h4-5,7-12,14-17,19,21,25,33,37-38H,3,6,13,18,20H2,1-2H3,(H,36,39,40). The molecule has 0 bridgehead atoms. The van der Waals surface area contributed by atoms with E-state index in [0.29, 0.717) is 22.8 Å². The Hall–Kier alpha value is -4.88. The number of anilines is 5. The van der Waals surface area contributed by atoms with Crippen LogP contribution in [0.1, 0.15) is 32.4 Å². The number of aromatic nitrogens is 5. The smallest absolute Gasteiger partial charge is 0.276 e. The van der Waals surface area contributed by atoms with Gasteiger partial charge in [-0.05, 0) is 87.8 Å². The van der Waals surface area contributed by atoms with E-state index in [1.807, 2.05) is 24.3 Å². The van der Waals surface area contributed by atoms with Gasteiger partial charge < -0.3 is 21.3 Å². The third kappa shape index (κ3) is 6.79. The van der Waals surface area contributed by atoms with E-state index in [1.165, 1.54) is 16.8 Å². The van der Waals surface area contributed by atoms with Crippen molar-refractivity contribution >= 4 is 49.6 Å². The summed E-state index contributed by atoms with van der Waals surface area (Å²) in [6.07, 6.45) is 8.68. The van der Waals surface area contributed by atoms with Crippen molar-refractivity contribution in [2.24, 2.45) is 0 Å².